The van der Waals surface area contributed by atoms with Gasteiger partial charge in [0.05, 0.1) is 11.4 Å². The topological polar surface area (TPSA) is 56.7 Å². The van der Waals surface area contributed by atoms with E-state index in [0.29, 0.717) is 6.54 Å². The van der Waals surface area contributed by atoms with Crippen molar-refractivity contribution in [2.45, 2.75) is 33.2 Å². The Bertz CT molecular complexity index is 502. The number of rotatable bonds is 4. The van der Waals surface area contributed by atoms with Gasteiger partial charge >= 0.3 is 0 Å². The van der Waals surface area contributed by atoms with Crippen LogP contribution in [0.15, 0.2) is 24.3 Å². The van der Waals surface area contributed by atoms with Gasteiger partial charge < -0.3 is 5.73 Å². The fraction of sp³-hybridized carbons (Fsp3) is 0.385. The lowest BCUT2D eigenvalue weighted by atomic mass is 10.2. The van der Waals surface area contributed by atoms with Crippen LogP contribution in [-0.2, 0) is 19.4 Å². The molecule has 0 bridgehead atoms. The predicted molar refractivity (Wildman–Crippen MR) is 68.0 cm³/mol. The fourth-order valence-corrected chi connectivity index (χ4v) is 1.80. The third-order valence-electron chi connectivity index (χ3n) is 2.78. The van der Waals surface area contributed by atoms with Gasteiger partial charge in [-0.25, -0.2) is 9.67 Å². The fourth-order valence-electron chi connectivity index (χ4n) is 1.80. The number of pyridine rings is 1. The van der Waals surface area contributed by atoms with Crippen molar-refractivity contribution in [1.29, 1.82) is 0 Å². The van der Waals surface area contributed by atoms with E-state index in [1.54, 1.807) is 0 Å². The minimum atomic E-state index is 0.456. The molecule has 0 aliphatic rings. The first-order valence-electron chi connectivity index (χ1n) is 6.02. The standard InChI is InChI=1S/C13H18N4/c1-3-10-8-12(4-2)17(16-10)13-7-5-6-11(9-14)15-13/h5-8H,3-4,9,14H2,1-2H3. The second kappa shape index (κ2) is 5.10. The van der Waals surface area contributed by atoms with Crippen LogP contribution in [0.25, 0.3) is 5.82 Å². The summed E-state index contributed by atoms with van der Waals surface area (Å²) in [6.07, 6.45) is 1.89. The Morgan fingerprint density at radius 1 is 1.18 bits per heavy atom. The van der Waals surface area contributed by atoms with Crippen molar-refractivity contribution in [3.05, 3.63) is 41.3 Å². The average molecular weight is 230 g/mol. The molecule has 90 valence electrons. The molecule has 2 heterocycles. The molecule has 2 aromatic rings. The monoisotopic (exact) mass is 230 g/mol. The summed E-state index contributed by atoms with van der Waals surface area (Å²) in [5.41, 5.74) is 8.78. The molecule has 0 amide bonds. The lowest BCUT2D eigenvalue weighted by Crippen LogP contribution is -2.07. The summed E-state index contributed by atoms with van der Waals surface area (Å²) < 4.78 is 1.91. The molecule has 0 saturated carbocycles. The quantitative estimate of drug-likeness (QED) is 0.872. The van der Waals surface area contributed by atoms with Gasteiger partial charge in [0.1, 0.15) is 0 Å². The second-order valence-electron chi connectivity index (χ2n) is 3.94. The number of hydrogen-bond donors (Lipinski definition) is 1. The highest BCUT2D eigenvalue weighted by Crippen LogP contribution is 2.12. The van der Waals surface area contributed by atoms with E-state index in [1.807, 2.05) is 22.9 Å². The first-order chi connectivity index (χ1) is 8.28. The molecular formula is C13H18N4. The van der Waals surface area contributed by atoms with Crippen molar-refractivity contribution in [2.24, 2.45) is 5.73 Å². The number of hydrogen-bond acceptors (Lipinski definition) is 3. The third-order valence-corrected chi connectivity index (χ3v) is 2.78. The van der Waals surface area contributed by atoms with E-state index in [1.165, 1.54) is 5.69 Å². The van der Waals surface area contributed by atoms with Gasteiger partial charge in [-0.15, -0.1) is 0 Å². The first-order valence-corrected chi connectivity index (χ1v) is 6.02. The van der Waals surface area contributed by atoms with Crippen molar-refractivity contribution in [3.8, 4) is 5.82 Å². The van der Waals surface area contributed by atoms with Crippen LogP contribution in [0.2, 0.25) is 0 Å². The summed E-state index contributed by atoms with van der Waals surface area (Å²) in [7, 11) is 0. The summed E-state index contributed by atoms with van der Waals surface area (Å²) in [5, 5.41) is 4.56. The Morgan fingerprint density at radius 2 is 2.00 bits per heavy atom. The Kier molecular flexibility index (Phi) is 3.54. The van der Waals surface area contributed by atoms with Crippen LogP contribution in [-0.4, -0.2) is 14.8 Å². The van der Waals surface area contributed by atoms with Crippen LogP contribution >= 0.6 is 0 Å². The molecule has 4 heteroatoms. The highest BCUT2D eigenvalue weighted by Gasteiger charge is 2.08. The van der Waals surface area contributed by atoms with Gasteiger partial charge in [0.2, 0.25) is 0 Å². The summed E-state index contributed by atoms with van der Waals surface area (Å²) in [4.78, 5) is 4.49. The Morgan fingerprint density at radius 3 is 2.65 bits per heavy atom. The second-order valence-corrected chi connectivity index (χ2v) is 3.94. The Labute approximate surface area is 101 Å². The van der Waals surface area contributed by atoms with Gasteiger partial charge in [-0.3, -0.25) is 0 Å². The molecule has 0 saturated heterocycles. The van der Waals surface area contributed by atoms with E-state index in [9.17, 15) is 0 Å². The van der Waals surface area contributed by atoms with Gasteiger partial charge in [0.25, 0.3) is 0 Å². The van der Waals surface area contributed by atoms with Crippen LogP contribution in [0.3, 0.4) is 0 Å². The lowest BCUT2D eigenvalue weighted by molar-refractivity contribution is 0.764. The summed E-state index contributed by atoms with van der Waals surface area (Å²) in [5.74, 6) is 0.851. The molecule has 0 atom stereocenters. The van der Waals surface area contributed by atoms with Crippen LogP contribution in [0.1, 0.15) is 30.9 Å². The molecule has 0 fully saturated rings. The third kappa shape index (κ3) is 2.36. The molecule has 0 aromatic carbocycles. The molecule has 0 aliphatic heterocycles. The Balaban J connectivity index is 2.47. The highest BCUT2D eigenvalue weighted by atomic mass is 15.3. The minimum absolute atomic E-state index is 0.456. The maximum Gasteiger partial charge on any atom is 0.153 e. The molecular weight excluding hydrogens is 212 g/mol. The van der Waals surface area contributed by atoms with Crippen LogP contribution in [0.5, 0.6) is 0 Å². The van der Waals surface area contributed by atoms with Gasteiger partial charge in [-0.1, -0.05) is 19.9 Å². The van der Waals surface area contributed by atoms with Crippen LogP contribution < -0.4 is 5.73 Å². The summed E-state index contributed by atoms with van der Waals surface area (Å²) >= 11 is 0. The molecule has 2 rings (SSSR count). The Hall–Kier alpha value is -1.68. The van der Waals surface area contributed by atoms with Gasteiger partial charge in [0, 0.05) is 12.2 Å². The molecule has 4 nitrogen and oxygen atoms in total. The van der Waals surface area contributed by atoms with Crippen LogP contribution in [0.4, 0.5) is 0 Å². The van der Waals surface area contributed by atoms with Crippen molar-refractivity contribution < 1.29 is 0 Å². The first kappa shape index (κ1) is 11.8. The number of nitrogens with two attached hydrogens (primary N) is 1. The van der Waals surface area contributed by atoms with E-state index >= 15 is 0 Å². The molecule has 2 aromatic heterocycles. The van der Waals surface area contributed by atoms with E-state index in [-0.39, 0.29) is 0 Å². The van der Waals surface area contributed by atoms with Crippen molar-refractivity contribution in [1.82, 2.24) is 14.8 Å². The number of nitrogens with zero attached hydrogens (tertiary/aromatic N) is 3. The zero-order valence-electron chi connectivity index (χ0n) is 10.3. The molecule has 17 heavy (non-hydrogen) atoms. The summed E-state index contributed by atoms with van der Waals surface area (Å²) in [6, 6.07) is 8.00. The molecule has 0 spiro atoms. The van der Waals surface area contributed by atoms with E-state index < -0.39 is 0 Å². The molecule has 2 N–H and O–H groups in total. The molecule has 0 unspecified atom stereocenters. The maximum atomic E-state index is 5.61. The van der Waals surface area contributed by atoms with Gasteiger partial charge in [-0.05, 0) is 31.0 Å². The SMILES string of the molecule is CCc1cc(CC)n(-c2cccc(CN)n2)n1. The van der Waals surface area contributed by atoms with Gasteiger partial charge in [0.15, 0.2) is 5.82 Å². The zero-order valence-corrected chi connectivity index (χ0v) is 10.3. The number of aryl methyl sites for hydroxylation is 2. The predicted octanol–water partition coefficient (Wildman–Crippen LogP) is 1.85. The zero-order chi connectivity index (χ0) is 12.3. The molecule has 0 radical (unpaired) electrons. The smallest absolute Gasteiger partial charge is 0.153 e. The minimum Gasteiger partial charge on any atom is -0.325 e. The van der Waals surface area contributed by atoms with E-state index in [0.717, 1.165) is 30.0 Å². The average Bonchev–Trinajstić information content (AvgIpc) is 2.82. The van der Waals surface area contributed by atoms with E-state index in [4.69, 9.17) is 5.73 Å². The highest BCUT2D eigenvalue weighted by molar-refractivity contribution is 5.28. The van der Waals surface area contributed by atoms with Crippen LogP contribution in [0, 0.1) is 0 Å². The summed E-state index contributed by atoms with van der Waals surface area (Å²) in [6.45, 7) is 4.69. The normalized spacial score (nSPS) is 10.8. The van der Waals surface area contributed by atoms with Crippen molar-refractivity contribution in [3.63, 3.8) is 0 Å². The van der Waals surface area contributed by atoms with Crippen molar-refractivity contribution in [2.75, 3.05) is 0 Å². The number of aromatic nitrogens is 3. The molecule has 0 aliphatic carbocycles. The lowest BCUT2D eigenvalue weighted by Gasteiger charge is -2.06. The van der Waals surface area contributed by atoms with Crippen molar-refractivity contribution >= 4 is 0 Å². The van der Waals surface area contributed by atoms with Gasteiger partial charge in [-0.2, -0.15) is 5.10 Å². The largest absolute Gasteiger partial charge is 0.325 e. The van der Waals surface area contributed by atoms with E-state index in [2.05, 4.69) is 30.0 Å². The maximum absolute atomic E-state index is 5.61.